The van der Waals surface area contributed by atoms with Crippen molar-refractivity contribution in [2.24, 2.45) is 0 Å². The summed E-state index contributed by atoms with van der Waals surface area (Å²) in [4.78, 5) is 26.4. The standard InChI is InChI=1S/C23H28N2O5/c1-28-20-7-5-6-17(23(20)29-2)8-13-22(27)30-16-21(26)24-18-9-11-19(12-10-18)25-14-3-4-15-25/h5-7,9-12H,3-4,8,13-16H2,1-2H3,(H,24,26). The van der Waals surface area contributed by atoms with Crippen LogP contribution in [0.1, 0.15) is 24.8 Å². The van der Waals surface area contributed by atoms with Crippen LogP contribution in [0.4, 0.5) is 11.4 Å². The first-order chi connectivity index (χ1) is 14.6. The number of anilines is 2. The van der Waals surface area contributed by atoms with E-state index in [4.69, 9.17) is 14.2 Å². The van der Waals surface area contributed by atoms with Crippen LogP contribution in [0.2, 0.25) is 0 Å². The number of hydrogen-bond acceptors (Lipinski definition) is 6. The molecule has 1 fully saturated rings. The third kappa shape index (κ3) is 5.65. The molecule has 1 N–H and O–H groups in total. The van der Waals surface area contributed by atoms with Crippen molar-refractivity contribution < 1.29 is 23.8 Å². The molecule has 1 heterocycles. The number of benzene rings is 2. The zero-order valence-corrected chi connectivity index (χ0v) is 17.5. The third-order valence-corrected chi connectivity index (χ3v) is 5.07. The van der Waals surface area contributed by atoms with Gasteiger partial charge in [0.15, 0.2) is 18.1 Å². The molecule has 0 radical (unpaired) electrons. The van der Waals surface area contributed by atoms with E-state index >= 15 is 0 Å². The topological polar surface area (TPSA) is 77.1 Å². The maximum absolute atomic E-state index is 12.1. The minimum atomic E-state index is -0.445. The van der Waals surface area contributed by atoms with Crippen LogP contribution < -0.4 is 19.7 Å². The number of rotatable bonds is 9. The van der Waals surface area contributed by atoms with E-state index in [-0.39, 0.29) is 18.9 Å². The van der Waals surface area contributed by atoms with Gasteiger partial charge in [0.1, 0.15) is 0 Å². The number of nitrogens with one attached hydrogen (secondary N) is 1. The number of nitrogens with zero attached hydrogens (tertiary/aromatic N) is 1. The van der Waals surface area contributed by atoms with Crippen LogP contribution in [-0.4, -0.2) is 45.8 Å². The summed E-state index contributed by atoms with van der Waals surface area (Å²) in [7, 11) is 3.12. The minimum Gasteiger partial charge on any atom is -0.493 e. The number of amides is 1. The highest BCUT2D eigenvalue weighted by molar-refractivity contribution is 5.93. The fourth-order valence-electron chi connectivity index (χ4n) is 3.53. The van der Waals surface area contributed by atoms with Gasteiger partial charge >= 0.3 is 5.97 Å². The molecule has 1 aliphatic heterocycles. The summed E-state index contributed by atoms with van der Waals surface area (Å²) in [6.45, 7) is 1.83. The Balaban J connectivity index is 1.43. The average Bonchev–Trinajstić information content (AvgIpc) is 3.31. The number of aryl methyl sites for hydroxylation is 1. The van der Waals surface area contributed by atoms with Crippen LogP contribution in [0.25, 0.3) is 0 Å². The second kappa shape index (κ2) is 10.5. The van der Waals surface area contributed by atoms with E-state index in [0.29, 0.717) is 23.6 Å². The predicted octanol–water partition coefficient (Wildman–Crippen LogP) is 3.42. The van der Waals surface area contributed by atoms with Crippen LogP contribution in [0, 0.1) is 0 Å². The van der Waals surface area contributed by atoms with Gasteiger partial charge in [-0.25, -0.2) is 0 Å². The summed E-state index contributed by atoms with van der Waals surface area (Å²) in [5.74, 6) is 0.400. The predicted molar refractivity (Wildman–Crippen MR) is 115 cm³/mol. The van der Waals surface area contributed by atoms with E-state index in [1.165, 1.54) is 12.8 Å². The molecule has 0 unspecified atom stereocenters. The van der Waals surface area contributed by atoms with Gasteiger partial charge in [0, 0.05) is 30.9 Å². The molecule has 30 heavy (non-hydrogen) atoms. The number of methoxy groups -OCH3 is 2. The van der Waals surface area contributed by atoms with Crippen LogP contribution in [0.15, 0.2) is 42.5 Å². The van der Waals surface area contributed by atoms with Crippen molar-refractivity contribution in [3.8, 4) is 11.5 Å². The number of para-hydroxylation sites is 1. The van der Waals surface area contributed by atoms with Crippen LogP contribution in [0.3, 0.4) is 0 Å². The van der Waals surface area contributed by atoms with Gasteiger partial charge in [-0.2, -0.15) is 0 Å². The molecule has 1 aliphatic rings. The number of carbonyl (C=O) groups is 2. The van der Waals surface area contributed by atoms with Gasteiger partial charge in [-0.1, -0.05) is 12.1 Å². The van der Waals surface area contributed by atoms with Gasteiger partial charge in [0.05, 0.1) is 14.2 Å². The Labute approximate surface area is 176 Å². The van der Waals surface area contributed by atoms with Gasteiger partial charge in [-0.3, -0.25) is 9.59 Å². The molecule has 1 saturated heterocycles. The Bertz CT molecular complexity index is 860. The first kappa shape index (κ1) is 21.5. The molecule has 1 amide bonds. The fraction of sp³-hybridized carbons (Fsp3) is 0.391. The highest BCUT2D eigenvalue weighted by Gasteiger charge is 2.14. The fourth-order valence-corrected chi connectivity index (χ4v) is 3.53. The van der Waals surface area contributed by atoms with Gasteiger partial charge in [0.25, 0.3) is 5.91 Å². The van der Waals surface area contributed by atoms with E-state index in [1.807, 2.05) is 36.4 Å². The lowest BCUT2D eigenvalue weighted by Gasteiger charge is -2.17. The molecule has 0 atom stereocenters. The molecule has 0 aromatic heterocycles. The highest BCUT2D eigenvalue weighted by Crippen LogP contribution is 2.31. The van der Waals surface area contributed by atoms with Crippen molar-refractivity contribution in [2.45, 2.75) is 25.7 Å². The summed E-state index contributed by atoms with van der Waals surface area (Å²) in [5.41, 5.74) is 2.68. The first-order valence-electron chi connectivity index (χ1n) is 10.1. The summed E-state index contributed by atoms with van der Waals surface area (Å²) < 4.78 is 15.7. The summed E-state index contributed by atoms with van der Waals surface area (Å²) in [6.07, 6.45) is 3.00. The SMILES string of the molecule is COc1cccc(CCC(=O)OCC(=O)Nc2ccc(N3CCCC3)cc2)c1OC. The zero-order chi connectivity index (χ0) is 21.3. The maximum Gasteiger partial charge on any atom is 0.306 e. The summed E-state index contributed by atoms with van der Waals surface area (Å²) >= 11 is 0. The zero-order valence-electron chi connectivity index (χ0n) is 17.5. The van der Waals surface area contributed by atoms with E-state index in [1.54, 1.807) is 20.3 Å². The summed E-state index contributed by atoms with van der Waals surface area (Å²) in [5, 5.41) is 2.75. The lowest BCUT2D eigenvalue weighted by molar-refractivity contribution is -0.147. The Morgan fingerprint density at radius 2 is 1.73 bits per heavy atom. The lowest BCUT2D eigenvalue weighted by Crippen LogP contribution is -2.21. The van der Waals surface area contributed by atoms with Crippen molar-refractivity contribution in [1.29, 1.82) is 0 Å². The maximum atomic E-state index is 12.1. The monoisotopic (exact) mass is 412 g/mol. The van der Waals surface area contributed by atoms with Crippen molar-refractivity contribution in [1.82, 2.24) is 0 Å². The van der Waals surface area contributed by atoms with Crippen LogP contribution in [0.5, 0.6) is 11.5 Å². The normalized spacial score (nSPS) is 13.1. The summed E-state index contributed by atoms with van der Waals surface area (Å²) in [6, 6.07) is 13.2. The van der Waals surface area contributed by atoms with Crippen molar-refractivity contribution in [2.75, 3.05) is 44.1 Å². The van der Waals surface area contributed by atoms with E-state index in [9.17, 15) is 9.59 Å². The largest absolute Gasteiger partial charge is 0.493 e. The third-order valence-electron chi connectivity index (χ3n) is 5.07. The Hall–Kier alpha value is -3.22. The molecular formula is C23H28N2O5. The first-order valence-corrected chi connectivity index (χ1v) is 10.1. The van der Waals surface area contributed by atoms with Gasteiger partial charge in [0.2, 0.25) is 0 Å². The number of ether oxygens (including phenoxy) is 3. The van der Waals surface area contributed by atoms with Crippen molar-refractivity contribution in [3.05, 3.63) is 48.0 Å². The molecule has 160 valence electrons. The van der Waals surface area contributed by atoms with E-state index in [0.717, 1.165) is 24.3 Å². The highest BCUT2D eigenvalue weighted by atomic mass is 16.5. The molecule has 3 rings (SSSR count). The Morgan fingerprint density at radius 1 is 1.00 bits per heavy atom. The number of esters is 1. The molecule has 0 spiro atoms. The molecule has 2 aromatic rings. The quantitative estimate of drug-likeness (QED) is 0.636. The second-order valence-electron chi connectivity index (χ2n) is 7.10. The van der Waals surface area contributed by atoms with Gasteiger partial charge < -0.3 is 24.4 Å². The molecular weight excluding hydrogens is 384 g/mol. The van der Waals surface area contributed by atoms with Gasteiger partial charge in [-0.05, 0) is 55.2 Å². The van der Waals surface area contributed by atoms with Crippen LogP contribution in [-0.2, 0) is 20.7 Å². The minimum absolute atomic E-state index is 0.140. The van der Waals surface area contributed by atoms with Crippen molar-refractivity contribution in [3.63, 3.8) is 0 Å². The molecule has 7 nitrogen and oxygen atoms in total. The smallest absolute Gasteiger partial charge is 0.306 e. The Kier molecular flexibility index (Phi) is 7.54. The Morgan fingerprint density at radius 3 is 2.40 bits per heavy atom. The van der Waals surface area contributed by atoms with E-state index in [2.05, 4.69) is 10.2 Å². The average molecular weight is 412 g/mol. The lowest BCUT2D eigenvalue weighted by atomic mass is 10.1. The second-order valence-corrected chi connectivity index (χ2v) is 7.10. The number of carbonyl (C=O) groups excluding carboxylic acids is 2. The molecule has 0 bridgehead atoms. The molecule has 7 heteroatoms. The van der Waals surface area contributed by atoms with Crippen LogP contribution >= 0.6 is 0 Å². The molecule has 2 aromatic carbocycles. The number of hydrogen-bond donors (Lipinski definition) is 1. The van der Waals surface area contributed by atoms with Crippen molar-refractivity contribution >= 4 is 23.3 Å². The molecule has 0 saturated carbocycles. The molecule has 0 aliphatic carbocycles. The van der Waals surface area contributed by atoms with Gasteiger partial charge in [-0.15, -0.1) is 0 Å². The van der Waals surface area contributed by atoms with E-state index < -0.39 is 5.97 Å².